The van der Waals surface area contributed by atoms with Crippen LogP contribution in [0, 0.1) is 0 Å². The average Bonchev–Trinajstić information content (AvgIpc) is 2.36. The summed E-state index contributed by atoms with van der Waals surface area (Å²) in [6, 6.07) is 0. The van der Waals surface area contributed by atoms with E-state index in [1.165, 1.54) is 0 Å². The van der Waals surface area contributed by atoms with Crippen LogP contribution in [0.2, 0.25) is 0 Å². The summed E-state index contributed by atoms with van der Waals surface area (Å²) in [5.74, 6) is -0.207. The number of rotatable bonds is 3. The summed E-state index contributed by atoms with van der Waals surface area (Å²) in [6.07, 6.45) is 3.90. The van der Waals surface area contributed by atoms with Gasteiger partial charge in [0.05, 0.1) is 0 Å². The Morgan fingerprint density at radius 3 is 3.08 bits per heavy atom. The van der Waals surface area contributed by atoms with E-state index in [2.05, 4.69) is 4.98 Å². The summed E-state index contributed by atoms with van der Waals surface area (Å²) < 4.78 is 6.75. The van der Waals surface area contributed by atoms with Gasteiger partial charge in [-0.3, -0.25) is 0 Å². The molecule has 1 aromatic rings. The van der Waals surface area contributed by atoms with Crippen molar-refractivity contribution >= 4 is 32.0 Å². The van der Waals surface area contributed by atoms with Gasteiger partial charge in [-0.1, -0.05) is 0 Å². The SMILES string of the molecule is CCOC(=O)Cc1c[n]([Tl])cn1. The number of ether oxygens (including phenoxy) is 1. The van der Waals surface area contributed by atoms with Crippen LogP contribution in [0.3, 0.4) is 0 Å². The molecule has 1 rings (SSSR count). The van der Waals surface area contributed by atoms with E-state index in [4.69, 9.17) is 4.74 Å². The number of hydrogen-bond donors (Lipinski definition) is 0. The first-order chi connectivity index (χ1) is 5.72. The van der Waals surface area contributed by atoms with Gasteiger partial charge in [0.1, 0.15) is 0 Å². The Labute approximate surface area is 87.0 Å². The standard InChI is InChI=1S/C7H9N2O2.Tl/c1-2-11-7(10)3-6-4-8-5-9-6;/h4-5H,2-3H2,1H3;/q-1;+1. The topological polar surface area (TPSA) is 44.1 Å². The number of esters is 1. The fourth-order valence-corrected chi connectivity index (χ4v) is 1.76. The van der Waals surface area contributed by atoms with Gasteiger partial charge in [-0.05, 0) is 0 Å². The Balaban J connectivity index is 2.46. The van der Waals surface area contributed by atoms with Crippen molar-refractivity contribution in [2.24, 2.45) is 0 Å². The Hall–Kier alpha value is -0.398. The minimum absolute atomic E-state index is 0.207. The summed E-state index contributed by atoms with van der Waals surface area (Å²) in [7, 11) is 0. The van der Waals surface area contributed by atoms with Gasteiger partial charge in [-0.15, -0.1) is 0 Å². The van der Waals surface area contributed by atoms with E-state index in [0.29, 0.717) is 32.7 Å². The minimum atomic E-state index is -0.207. The van der Waals surface area contributed by atoms with Crippen molar-refractivity contribution in [3.05, 3.63) is 18.2 Å². The summed E-state index contributed by atoms with van der Waals surface area (Å²) in [5, 5.41) is 0. The second kappa shape index (κ2) is 4.58. The molecule has 0 atom stereocenters. The Kier molecular flexibility index (Phi) is 3.70. The van der Waals surface area contributed by atoms with Crippen molar-refractivity contribution in [1.29, 1.82) is 0 Å². The summed E-state index contributed by atoms with van der Waals surface area (Å²) in [5.41, 5.74) is 0.788. The molecular weight excluding hydrogens is 348 g/mol. The third kappa shape index (κ3) is 2.92. The van der Waals surface area contributed by atoms with Gasteiger partial charge in [0.25, 0.3) is 0 Å². The molecule has 5 heteroatoms. The Morgan fingerprint density at radius 1 is 1.83 bits per heavy atom. The third-order valence-electron chi connectivity index (χ3n) is 1.29. The monoisotopic (exact) mass is 358 g/mol. The van der Waals surface area contributed by atoms with E-state index in [1.807, 2.05) is 8.57 Å². The molecule has 0 fully saturated rings. The number of carbonyl (C=O) groups excluding carboxylic acids is 1. The van der Waals surface area contributed by atoms with Gasteiger partial charge < -0.3 is 0 Å². The van der Waals surface area contributed by atoms with Crippen LogP contribution in [0.5, 0.6) is 0 Å². The molecule has 0 N–H and O–H groups in total. The van der Waals surface area contributed by atoms with Crippen LogP contribution in [0.1, 0.15) is 12.6 Å². The number of nitrogens with zero attached hydrogens (tertiary/aromatic N) is 2. The maximum atomic E-state index is 11.0. The number of hydrogen-bond acceptors (Lipinski definition) is 3. The molecule has 0 saturated heterocycles. The van der Waals surface area contributed by atoms with Crippen LogP contribution in [-0.2, 0) is 16.0 Å². The van der Waals surface area contributed by atoms with E-state index in [9.17, 15) is 4.79 Å². The van der Waals surface area contributed by atoms with Gasteiger partial charge in [-0.25, -0.2) is 0 Å². The zero-order chi connectivity index (χ0) is 8.97. The van der Waals surface area contributed by atoms with Gasteiger partial charge in [0, 0.05) is 0 Å². The predicted octanol–water partition coefficient (Wildman–Crippen LogP) is -0.0797. The zero-order valence-corrected chi connectivity index (χ0v) is 11.3. The summed E-state index contributed by atoms with van der Waals surface area (Å²) in [6.45, 7) is 2.23. The van der Waals surface area contributed by atoms with Gasteiger partial charge in [0.15, 0.2) is 0 Å². The van der Waals surface area contributed by atoms with E-state index in [-0.39, 0.29) is 12.4 Å². The molecule has 0 unspecified atom stereocenters. The molecule has 0 aliphatic heterocycles. The Bertz CT molecular complexity index is 272. The second-order valence-electron chi connectivity index (χ2n) is 2.29. The molecule has 12 heavy (non-hydrogen) atoms. The normalized spacial score (nSPS) is 9.67. The van der Waals surface area contributed by atoms with Gasteiger partial charge in [0.2, 0.25) is 0 Å². The van der Waals surface area contributed by atoms with Crippen molar-refractivity contribution in [3.8, 4) is 0 Å². The molecule has 0 aliphatic carbocycles. The molecule has 62 valence electrons. The van der Waals surface area contributed by atoms with Crippen molar-refractivity contribution < 1.29 is 9.53 Å². The van der Waals surface area contributed by atoms with Crippen LogP contribution in [0.4, 0.5) is 0 Å². The van der Waals surface area contributed by atoms with Crippen LogP contribution < -0.4 is 0 Å². The molecule has 0 saturated carbocycles. The van der Waals surface area contributed by atoms with Crippen LogP contribution >= 0.6 is 0 Å². The van der Waals surface area contributed by atoms with E-state index >= 15 is 0 Å². The zero-order valence-electron chi connectivity index (χ0n) is 6.86. The second-order valence-corrected chi connectivity index (χ2v) is 4.61. The number of carbonyl (C=O) groups is 1. The summed E-state index contributed by atoms with van der Waals surface area (Å²) in [4.78, 5) is 15.0. The molecule has 1 aromatic heterocycles. The van der Waals surface area contributed by atoms with Crippen molar-refractivity contribution in [1.82, 2.24) is 7.36 Å². The first-order valence-corrected chi connectivity index (χ1v) is 5.66. The summed E-state index contributed by atoms with van der Waals surface area (Å²) >= 11 is 0.707. The first-order valence-electron chi connectivity index (χ1n) is 3.66. The molecule has 0 amide bonds. The molecule has 0 aromatic carbocycles. The molecule has 0 spiro atoms. The molecule has 4 nitrogen and oxygen atoms in total. The average molecular weight is 358 g/mol. The maximum absolute atomic E-state index is 11.0. The van der Waals surface area contributed by atoms with Gasteiger partial charge in [-0.2, -0.15) is 0 Å². The van der Waals surface area contributed by atoms with Crippen LogP contribution in [0.15, 0.2) is 12.5 Å². The van der Waals surface area contributed by atoms with Crippen LogP contribution in [-0.4, -0.2) is 46.0 Å². The molecule has 0 aliphatic rings. The molecular formula is C7H9N2O2Tl. The number of aromatic nitrogens is 2. The van der Waals surface area contributed by atoms with E-state index in [0.717, 1.165) is 5.69 Å². The molecule has 0 bridgehead atoms. The van der Waals surface area contributed by atoms with Crippen molar-refractivity contribution in [2.45, 2.75) is 13.3 Å². The van der Waals surface area contributed by atoms with E-state index in [1.54, 1.807) is 13.3 Å². The predicted molar refractivity (Wildman–Crippen MR) is 43.7 cm³/mol. The Morgan fingerprint density at radius 2 is 2.58 bits per heavy atom. The quantitative estimate of drug-likeness (QED) is 0.561. The molecule has 0 radical (unpaired) electrons. The molecule has 1 heterocycles. The fraction of sp³-hybridized carbons (Fsp3) is 0.429. The number of imidazole rings is 1. The van der Waals surface area contributed by atoms with E-state index < -0.39 is 0 Å². The third-order valence-corrected chi connectivity index (χ3v) is 2.38. The van der Waals surface area contributed by atoms with Crippen LogP contribution in [0.25, 0.3) is 0 Å². The first kappa shape index (κ1) is 9.69. The fourth-order valence-electron chi connectivity index (χ4n) is 0.831. The van der Waals surface area contributed by atoms with Gasteiger partial charge >= 0.3 is 87.1 Å². The van der Waals surface area contributed by atoms with Crippen molar-refractivity contribution in [2.75, 3.05) is 6.61 Å². The van der Waals surface area contributed by atoms with Crippen molar-refractivity contribution in [3.63, 3.8) is 0 Å².